The summed E-state index contributed by atoms with van der Waals surface area (Å²) >= 11 is 0. The van der Waals surface area contributed by atoms with Gasteiger partial charge in [-0.2, -0.15) is 36.4 Å². The summed E-state index contributed by atoms with van der Waals surface area (Å²) in [5.41, 5.74) is 27.6. The molecule has 28 aromatic rings. The topological polar surface area (TPSA) is 182 Å². The number of nitrogens with one attached hydrogen (secondary N) is 1. The van der Waals surface area contributed by atoms with Crippen molar-refractivity contribution in [3.05, 3.63) is 461 Å². The summed E-state index contributed by atoms with van der Waals surface area (Å²) in [6.07, 6.45) is 11.2. The maximum absolute atomic E-state index is 6.05. The quantitative estimate of drug-likeness (QED) is 0.102. The van der Waals surface area contributed by atoms with Crippen molar-refractivity contribution >= 4 is 164 Å². The van der Waals surface area contributed by atoms with Crippen LogP contribution in [0.3, 0.4) is 0 Å². The summed E-state index contributed by atoms with van der Waals surface area (Å²) in [6, 6.07) is 152. The van der Waals surface area contributed by atoms with Crippen LogP contribution in [0.15, 0.2) is 419 Å². The van der Waals surface area contributed by atoms with Crippen LogP contribution in [0, 0.1) is 36.4 Å². The van der Waals surface area contributed by atoms with Crippen LogP contribution in [0.2, 0.25) is 0 Å². The maximum Gasteiger partial charge on any atom is 2.00 e. The normalized spacial score (nSPS) is 12.0. The largest absolute Gasteiger partial charge is 2.00 e. The van der Waals surface area contributed by atoms with Crippen molar-refractivity contribution in [3.8, 4) is 69.1 Å². The van der Waals surface area contributed by atoms with Crippen LogP contribution in [-0.4, -0.2) is 76.9 Å². The van der Waals surface area contributed by atoms with E-state index in [-0.39, 0.29) is 63.2 Å². The zero-order valence-electron chi connectivity index (χ0n) is 74.2. The minimum atomic E-state index is 0. The Morgan fingerprint density at radius 1 is 0.234 bits per heavy atom. The van der Waals surface area contributed by atoms with Gasteiger partial charge in [-0.25, -0.2) is 24.3 Å². The van der Waals surface area contributed by atoms with Crippen molar-refractivity contribution in [2.45, 2.75) is 0 Å². The average molecular weight is 2360 g/mol. The van der Waals surface area contributed by atoms with Crippen molar-refractivity contribution in [1.29, 1.82) is 0 Å². The molecule has 141 heavy (non-hydrogen) atoms. The van der Waals surface area contributed by atoms with Gasteiger partial charge in [0.15, 0.2) is 11.6 Å². The van der Waals surface area contributed by atoms with Gasteiger partial charge in [-0.05, 0) is 118 Å². The number of para-hydroxylation sites is 10. The van der Waals surface area contributed by atoms with Crippen molar-refractivity contribution < 1.29 is 72.7 Å². The smallest absolute Gasteiger partial charge is 0.473 e. The SMILES string of the molecule is [Pt+2].[Pt+2].[Pt].[c-]1c(-n2cc(-n3c4ccccc4c4ccccc43)nn2)cccc1-n1c2[c-]c(Oc3ccccn3)ccc2c2ccccc21.[c-]1c(N2C=C(n3c4ccccc4c4ccccc43)N[N-]2)ccc2c3ccccc3n(-c3[c-]c4c(cc3)c3ccccc3n4-c3ccccn3)c12.[c-]1c(Oc2ccccn2)cccc1-n1c2[c-]c(-n3cc(-n4c5ccccc5c5ccccc54)nn3)ccc2c2ccccc21. The Morgan fingerprint density at radius 2 is 0.546 bits per heavy atom. The van der Waals surface area contributed by atoms with Gasteiger partial charge in [0, 0.05) is 124 Å². The number of fused-ring (bicyclic) bond motifs is 21. The van der Waals surface area contributed by atoms with E-state index < -0.39 is 0 Å². The number of hydrogen-bond acceptors (Lipinski definition) is 11. The number of benzene rings is 16. The number of rotatable bonds is 14. The molecule has 29 rings (SSSR count). The molecule has 13 heterocycles. The van der Waals surface area contributed by atoms with E-state index >= 15 is 0 Å². The molecule has 0 amide bonds. The second-order valence-electron chi connectivity index (χ2n) is 33.6. The predicted octanol–water partition coefficient (Wildman–Crippen LogP) is 26.5. The van der Waals surface area contributed by atoms with Crippen LogP contribution in [0.1, 0.15) is 0 Å². The number of nitrogens with zero attached hydrogens (tertiary/aromatic N) is 18. The van der Waals surface area contributed by atoms with Crippen molar-refractivity contribution in [3.63, 3.8) is 0 Å². The molecular weight excluding hydrogens is 2290 g/mol. The summed E-state index contributed by atoms with van der Waals surface area (Å²) in [4.78, 5) is 13.3. The first kappa shape index (κ1) is 86.6. The molecule has 0 aliphatic carbocycles. The minimum absolute atomic E-state index is 0. The monoisotopic (exact) mass is 2360 g/mol. The van der Waals surface area contributed by atoms with E-state index in [1.807, 2.05) is 145 Å². The van der Waals surface area contributed by atoms with Gasteiger partial charge in [-0.15, -0.1) is 117 Å². The summed E-state index contributed by atoms with van der Waals surface area (Å²) in [5, 5.41) is 36.3. The van der Waals surface area contributed by atoms with E-state index in [0.29, 0.717) is 23.3 Å². The molecule has 1 N–H and O–H groups in total. The molecule has 21 nitrogen and oxygen atoms in total. The molecule has 0 bridgehead atoms. The first-order chi connectivity index (χ1) is 68.4. The molecule has 12 aromatic heterocycles. The molecule has 0 saturated heterocycles. The molecule has 0 unspecified atom stereocenters. The number of anilines is 1. The number of pyridine rings is 3. The van der Waals surface area contributed by atoms with Gasteiger partial charge in [0.1, 0.15) is 11.6 Å². The van der Waals surface area contributed by atoms with Gasteiger partial charge in [-0.3, -0.25) is 13.7 Å². The second-order valence-corrected chi connectivity index (χ2v) is 33.6. The van der Waals surface area contributed by atoms with E-state index in [1.165, 1.54) is 37.7 Å². The van der Waals surface area contributed by atoms with Gasteiger partial charge < -0.3 is 43.7 Å². The average Bonchev–Trinajstić information content (AvgIpc) is 1.57. The van der Waals surface area contributed by atoms with Gasteiger partial charge in [0.2, 0.25) is 11.8 Å². The van der Waals surface area contributed by atoms with Crippen LogP contribution >= 0.6 is 0 Å². The Labute approximate surface area is 847 Å². The number of aromatic nitrogens is 16. The molecule has 0 spiro atoms. The third-order valence-corrected chi connectivity index (χ3v) is 25.7. The van der Waals surface area contributed by atoms with Gasteiger partial charge in [0.05, 0.1) is 45.5 Å². The Hall–Kier alpha value is -17.2. The predicted molar refractivity (Wildman–Crippen MR) is 547 cm³/mol. The summed E-state index contributed by atoms with van der Waals surface area (Å²) in [6.45, 7) is 0. The first-order valence-electron chi connectivity index (χ1n) is 45.2. The molecule has 0 saturated carbocycles. The molecular formula is C117H70N19O2Pt3-3. The summed E-state index contributed by atoms with van der Waals surface area (Å²) in [5.74, 6) is 5.41. The van der Waals surface area contributed by atoms with Crippen molar-refractivity contribution in [2.24, 2.45) is 0 Å². The third kappa shape index (κ3) is 14.8. The molecule has 24 heteroatoms. The molecule has 0 atom stereocenters. The fraction of sp³-hybridized carbons (Fsp3) is 0. The molecule has 0 fully saturated rings. The van der Waals surface area contributed by atoms with Crippen molar-refractivity contribution in [1.82, 2.24) is 82.3 Å². The van der Waals surface area contributed by atoms with E-state index in [2.05, 4.69) is 371 Å². The second kappa shape index (κ2) is 36.1. The summed E-state index contributed by atoms with van der Waals surface area (Å²) < 4.78 is 30.9. The van der Waals surface area contributed by atoms with Gasteiger partial charge in [0.25, 0.3) is 0 Å². The molecule has 678 valence electrons. The molecule has 1 aliphatic heterocycles. The summed E-state index contributed by atoms with van der Waals surface area (Å²) in [7, 11) is 0. The number of hydrogen-bond donors (Lipinski definition) is 1. The third-order valence-electron chi connectivity index (χ3n) is 25.7. The van der Waals surface area contributed by atoms with Crippen LogP contribution < -0.4 is 19.9 Å². The fourth-order valence-corrected chi connectivity index (χ4v) is 19.8. The fourth-order valence-electron chi connectivity index (χ4n) is 19.8. The number of ether oxygens (including phenoxy) is 2. The van der Waals surface area contributed by atoms with E-state index in [4.69, 9.17) is 20.0 Å². The van der Waals surface area contributed by atoms with Crippen LogP contribution in [0.25, 0.3) is 210 Å². The Kier molecular flexibility index (Phi) is 22.2. The maximum atomic E-state index is 6.05. The van der Waals surface area contributed by atoms with Crippen LogP contribution in [-0.2, 0) is 63.2 Å². The van der Waals surface area contributed by atoms with Gasteiger partial charge >= 0.3 is 42.1 Å². The zero-order chi connectivity index (χ0) is 90.8. The van der Waals surface area contributed by atoms with E-state index in [9.17, 15) is 0 Å². The van der Waals surface area contributed by atoms with Crippen molar-refractivity contribution in [2.75, 3.05) is 5.01 Å². The van der Waals surface area contributed by atoms with E-state index in [0.717, 1.165) is 172 Å². The van der Waals surface area contributed by atoms with Gasteiger partial charge in [-0.1, -0.05) is 255 Å². The van der Waals surface area contributed by atoms with E-state index in [1.54, 1.807) is 21.8 Å². The Balaban J connectivity index is 0.000000114. The zero-order valence-corrected chi connectivity index (χ0v) is 81.0. The molecule has 1 aliphatic rings. The van der Waals surface area contributed by atoms with Crippen LogP contribution in [0.5, 0.6) is 23.3 Å². The first-order valence-corrected chi connectivity index (χ1v) is 45.2. The van der Waals surface area contributed by atoms with Crippen LogP contribution in [0.4, 0.5) is 5.69 Å². The molecule has 0 radical (unpaired) electrons. The minimum Gasteiger partial charge on any atom is -0.473 e. The Bertz CT molecular complexity index is 9600. The standard InChI is InChI=1S/C43H26N7.2C37H22N6O.3Pt/c1-5-15-36-32(13-1)34-22-20-28(47-27-43(45-46-47)49-37-16-6-2-11-30(37)31-12-3-7-17-38(31)49)25-40(34)48(36)29-21-23-35-33-14-4-8-18-39(33)50(41(35)26-29)42-19-9-10-24-44-42;1-4-15-32-30(14-1)31-20-19-25(23-35(31)42(32)26-10-9-11-27(22-26)44-37-18-7-8-21-38-37)41-24-36(39-40-41)43-33-16-5-2-12-28(33)29-13-3-6-17-34(29)43;1-4-15-32-30(14-1)31-20-19-27(44-37-18-7-8-21-38-37)23-35(31)42(32)26-11-9-10-25(22-26)41-24-36(39-40-41)43-33-16-5-2-12-28(33)29-13-3-6-17-34(29)43;;;/h1-24,27,45H;2*1-21,24H;;;/q-3;2*-2;;2*+2. The Morgan fingerprint density at radius 3 is 0.979 bits per heavy atom. The molecule has 16 aromatic carbocycles.